The van der Waals surface area contributed by atoms with Gasteiger partial charge in [0.25, 0.3) is 0 Å². The van der Waals surface area contributed by atoms with Gasteiger partial charge in [0.1, 0.15) is 5.75 Å². The van der Waals surface area contributed by atoms with Gasteiger partial charge in [0.15, 0.2) is 0 Å². The molecule has 0 aliphatic carbocycles. The number of phenols is 1. The van der Waals surface area contributed by atoms with Crippen LogP contribution in [0.3, 0.4) is 0 Å². The van der Waals surface area contributed by atoms with Gasteiger partial charge in [0, 0.05) is 6.54 Å². The third kappa shape index (κ3) is 2.86. The molecule has 0 spiro atoms. The van der Waals surface area contributed by atoms with Crippen molar-refractivity contribution in [3.05, 3.63) is 54.1 Å². The van der Waals surface area contributed by atoms with Gasteiger partial charge in [-0.25, -0.2) is 0 Å². The number of phenolic OH excluding ortho intramolecular Hbond substituents is 1. The van der Waals surface area contributed by atoms with Crippen LogP contribution in [0.2, 0.25) is 0 Å². The smallest absolute Gasteiger partial charge is 0.115 e. The standard InChI is InChI=1S/C15H17NO/c1-16(2)11-13-10-14(17)8-9-15(13)12-6-4-3-5-7-12/h3-10,17H,11H2,1-2H3. The number of benzene rings is 2. The molecule has 2 aromatic rings. The van der Waals surface area contributed by atoms with Crippen molar-refractivity contribution in [1.82, 2.24) is 4.90 Å². The SMILES string of the molecule is CN(C)Cc1cc(O)ccc1-c1ccccc1. The first kappa shape index (κ1) is 11.7. The van der Waals surface area contributed by atoms with E-state index >= 15 is 0 Å². The van der Waals surface area contributed by atoms with Crippen LogP contribution in [0.1, 0.15) is 5.56 Å². The lowest BCUT2D eigenvalue weighted by Gasteiger charge is -2.14. The molecule has 0 atom stereocenters. The molecule has 0 heterocycles. The summed E-state index contributed by atoms with van der Waals surface area (Å²) in [6, 6.07) is 15.8. The summed E-state index contributed by atoms with van der Waals surface area (Å²) < 4.78 is 0. The highest BCUT2D eigenvalue weighted by Crippen LogP contribution is 2.27. The predicted molar refractivity (Wildman–Crippen MR) is 70.9 cm³/mol. The van der Waals surface area contributed by atoms with Crippen LogP contribution < -0.4 is 0 Å². The van der Waals surface area contributed by atoms with Gasteiger partial charge in [-0.15, -0.1) is 0 Å². The second kappa shape index (κ2) is 5.02. The van der Waals surface area contributed by atoms with Gasteiger partial charge in [-0.05, 0) is 42.9 Å². The van der Waals surface area contributed by atoms with Crippen LogP contribution in [0.4, 0.5) is 0 Å². The second-order valence-corrected chi connectivity index (χ2v) is 4.45. The van der Waals surface area contributed by atoms with Gasteiger partial charge >= 0.3 is 0 Å². The van der Waals surface area contributed by atoms with Crippen molar-refractivity contribution in [2.75, 3.05) is 14.1 Å². The number of aromatic hydroxyl groups is 1. The van der Waals surface area contributed by atoms with E-state index in [-0.39, 0.29) is 0 Å². The zero-order valence-corrected chi connectivity index (χ0v) is 10.2. The molecule has 2 aromatic carbocycles. The summed E-state index contributed by atoms with van der Waals surface area (Å²) in [7, 11) is 4.05. The molecular weight excluding hydrogens is 210 g/mol. The third-order valence-corrected chi connectivity index (χ3v) is 2.66. The quantitative estimate of drug-likeness (QED) is 0.870. The number of hydrogen-bond donors (Lipinski definition) is 1. The Labute approximate surface area is 102 Å². The summed E-state index contributed by atoms with van der Waals surface area (Å²) in [6.45, 7) is 0.818. The highest BCUT2D eigenvalue weighted by Gasteiger charge is 2.06. The zero-order valence-electron chi connectivity index (χ0n) is 10.2. The maximum Gasteiger partial charge on any atom is 0.115 e. The van der Waals surface area contributed by atoms with Crippen molar-refractivity contribution in [3.8, 4) is 16.9 Å². The van der Waals surface area contributed by atoms with Crippen LogP contribution in [0.5, 0.6) is 5.75 Å². The van der Waals surface area contributed by atoms with E-state index in [1.807, 2.05) is 44.4 Å². The van der Waals surface area contributed by atoms with E-state index in [9.17, 15) is 5.11 Å². The van der Waals surface area contributed by atoms with Crippen molar-refractivity contribution in [2.24, 2.45) is 0 Å². The van der Waals surface area contributed by atoms with E-state index in [0.717, 1.165) is 12.1 Å². The number of rotatable bonds is 3. The summed E-state index contributed by atoms with van der Waals surface area (Å²) in [6.07, 6.45) is 0. The number of hydrogen-bond acceptors (Lipinski definition) is 2. The fourth-order valence-electron chi connectivity index (χ4n) is 1.95. The van der Waals surface area contributed by atoms with Crippen molar-refractivity contribution < 1.29 is 5.11 Å². The van der Waals surface area contributed by atoms with Crippen molar-refractivity contribution >= 4 is 0 Å². The maximum atomic E-state index is 9.58. The lowest BCUT2D eigenvalue weighted by Crippen LogP contribution is -2.11. The Morgan fingerprint density at radius 1 is 1.00 bits per heavy atom. The maximum absolute atomic E-state index is 9.58. The van der Waals surface area contributed by atoms with Gasteiger partial charge in [-0.3, -0.25) is 0 Å². The van der Waals surface area contributed by atoms with Crippen LogP contribution in [-0.4, -0.2) is 24.1 Å². The first-order valence-corrected chi connectivity index (χ1v) is 5.69. The molecule has 0 aliphatic heterocycles. The molecule has 0 unspecified atom stereocenters. The Bertz CT molecular complexity index is 492. The average Bonchev–Trinajstić information content (AvgIpc) is 2.29. The molecule has 2 heteroatoms. The Morgan fingerprint density at radius 2 is 1.71 bits per heavy atom. The normalized spacial score (nSPS) is 10.8. The molecule has 2 nitrogen and oxygen atoms in total. The van der Waals surface area contributed by atoms with E-state index < -0.39 is 0 Å². The van der Waals surface area contributed by atoms with Crippen molar-refractivity contribution in [1.29, 1.82) is 0 Å². The van der Waals surface area contributed by atoms with Crippen LogP contribution in [0.15, 0.2) is 48.5 Å². The first-order chi connectivity index (χ1) is 8.16. The summed E-state index contributed by atoms with van der Waals surface area (Å²) in [5.74, 6) is 0.321. The molecule has 2 rings (SSSR count). The summed E-state index contributed by atoms with van der Waals surface area (Å²) in [5, 5.41) is 9.58. The molecule has 1 N–H and O–H groups in total. The van der Waals surface area contributed by atoms with Crippen molar-refractivity contribution in [3.63, 3.8) is 0 Å². The molecule has 0 saturated heterocycles. The largest absolute Gasteiger partial charge is 0.508 e. The van der Waals surface area contributed by atoms with E-state index in [0.29, 0.717) is 5.75 Å². The van der Waals surface area contributed by atoms with Crippen LogP contribution in [0, 0.1) is 0 Å². The fraction of sp³-hybridized carbons (Fsp3) is 0.200. The molecule has 0 aromatic heterocycles. The zero-order chi connectivity index (χ0) is 12.3. The highest BCUT2D eigenvalue weighted by molar-refractivity contribution is 5.68. The Hall–Kier alpha value is -1.80. The molecular formula is C15H17NO. The molecule has 0 bridgehead atoms. The summed E-state index contributed by atoms with van der Waals surface area (Å²) in [4.78, 5) is 2.10. The van der Waals surface area contributed by atoms with Gasteiger partial charge in [-0.2, -0.15) is 0 Å². The lowest BCUT2D eigenvalue weighted by atomic mass is 9.99. The van der Waals surface area contributed by atoms with Gasteiger partial charge in [-0.1, -0.05) is 36.4 Å². The van der Waals surface area contributed by atoms with Crippen molar-refractivity contribution in [2.45, 2.75) is 6.54 Å². The fourth-order valence-corrected chi connectivity index (χ4v) is 1.95. The number of nitrogens with zero attached hydrogens (tertiary/aromatic N) is 1. The Balaban J connectivity index is 2.46. The van der Waals surface area contributed by atoms with Crippen LogP contribution >= 0.6 is 0 Å². The second-order valence-electron chi connectivity index (χ2n) is 4.45. The summed E-state index contributed by atoms with van der Waals surface area (Å²) in [5.41, 5.74) is 3.50. The molecule has 0 radical (unpaired) electrons. The lowest BCUT2D eigenvalue weighted by molar-refractivity contribution is 0.401. The van der Waals surface area contributed by atoms with Gasteiger partial charge in [0.05, 0.1) is 0 Å². The average molecular weight is 227 g/mol. The predicted octanol–water partition coefficient (Wildman–Crippen LogP) is 3.12. The minimum Gasteiger partial charge on any atom is -0.508 e. The Morgan fingerprint density at radius 3 is 2.35 bits per heavy atom. The van der Waals surface area contributed by atoms with Gasteiger partial charge < -0.3 is 10.0 Å². The van der Waals surface area contributed by atoms with E-state index in [1.165, 1.54) is 11.1 Å². The van der Waals surface area contributed by atoms with Crippen LogP contribution in [0.25, 0.3) is 11.1 Å². The van der Waals surface area contributed by atoms with E-state index in [1.54, 1.807) is 6.07 Å². The molecule has 0 aliphatic rings. The van der Waals surface area contributed by atoms with Crippen LogP contribution in [-0.2, 0) is 6.54 Å². The highest BCUT2D eigenvalue weighted by atomic mass is 16.3. The minimum absolute atomic E-state index is 0.321. The van der Waals surface area contributed by atoms with Gasteiger partial charge in [0.2, 0.25) is 0 Å². The van der Waals surface area contributed by atoms with E-state index in [4.69, 9.17) is 0 Å². The molecule has 0 amide bonds. The Kier molecular flexibility index (Phi) is 3.45. The topological polar surface area (TPSA) is 23.5 Å². The third-order valence-electron chi connectivity index (χ3n) is 2.66. The molecule has 17 heavy (non-hydrogen) atoms. The van der Waals surface area contributed by atoms with E-state index in [2.05, 4.69) is 17.0 Å². The molecule has 0 saturated carbocycles. The summed E-state index contributed by atoms with van der Waals surface area (Å²) >= 11 is 0. The molecule has 0 fully saturated rings. The monoisotopic (exact) mass is 227 g/mol. The minimum atomic E-state index is 0.321. The first-order valence-electron chi connectivity index (χ1n) is 5.69. The molecule has 88 valence electrons.